The van der Waals surface area contributed by atoms with Gasteiger partial charge in [-0.2, -0.15) is 0 Å². The molecule has 0 aliphatic rings. The van der Waals surface area contributed by atoms with Crippen molar-refractivity contribution < 1.29 is 9.53 Å². The number of carbonyl (C=O) groups is 1. The van der Waals surface area contributed by atoms with Gasteiger partial charge in [0, 0.05) is 19.0 Å². The second-order valence-corrected chi connectivity index (χ2v) is 7.17. The molecule has 0 saturated heterocycles. The molecule has 2 N–H and O–H groups in total. The fourth-order valence-electron chi connectivity index (χ4n) is 3.27. The van der Waals surface area contributed by atoms with Crippen molar-refractivity contribution in [3.05, 3.63) is 90.0 Å². The maximum absolute atomic E-state index is 12.4. The largest absolute Gasteiger partial charge is 0.487 e. The van der Waals surface area contributed by atoms with Crippen molar-refractivity contribution in [1.82, 2.24) is 20.3 Å². The van der Waals surface area contributed by atoms with Crippen LogP contribution in [0.2, 0.25) is 0 Å². The lowest BCUT2D eigenvalue weighted by molar-refractivity contribution is -0.121. The summed E-state index contributed by atoms with van der Waals surface area (Å²) in [5.74, 6) is 1.56. The van der Waals surface area contributed by atoms with Gasteiger partial charge in [-0.1, -0.05) is 30.3 Å². The summed E-state index contributed by atoms with van der Waals surface area (Å²) in [5, 5.41) is 3.05. The van der Waals surface area contributed by atoms with Gasteiger partial charge in [-0.05, 0) is 48.9 Å². The Bertz CT molecular complexity index is 1090. The molecule has 2 aromatic carbocycles. The van der Waals surface area contributed by atoms with Crippen LogP contribution in [0.4, 0.5) is 0 Å². The van der Waals surface area contributed by atoms with Gasteiger partial charge in [0.2, 0.25) is 5.91 Å². The van der Waals surface area contributed by atoms with Crippen molar-refractivity contribution in [1.29, 1.82) is 0 Å². The molecule has 6 nitrogen and oxygen atoms in total. The molecular weight excluding hydrogens is 376 g/mol. The van der Waals surface area contributed by atoms with Gasteiger partial charge in [-0.3, -0.25) is 9.78 Å². The van der Waals surface area contributed by atoms with Crippen molar-refractivity contribution in [3.8, 4) is 5.75 Å². The number of hydrogen-bond donors (Lipinski definition) is 2. The first-order valence-electron chi connectivity index (χ1n) is 10.0. The van der Waals surface area contributed by atoms with Gasteiger partial charge in [0.1, 0.15) is 18.2 Å². The molecule has 2 aromatic heterocycles. The summed E-state index contributed by atoms with van der Waals surface area (Å²) in [5.41, 5.74) is 3.77. The zero-order valence-corrected chi connectivity index (χ0v) is 16.8. The first-order chi connectivity index (χ1) is 14.7. The Morgan fingerprint density at radius 3 is 2.80 bits per heavy atom. The molecule has 1 atom stereocenters. The Labute approximate surface area is 175 Å². The van der Waals surface area contributed by atoms with Gasteiger partial charge < -0.3 is 15.0 Å². The average Bonchev–Trinajstić information content (AvgIpc) is 3.20. The molecule has 0 bridgehead atoms. The van der Waals surface area contributed by atoms with E-state index in [0.29, 0.717) is 19.4 Å². The van der Waals surface area contributed by atoms with Crippen LogP contribution in [0.5, 0.6) is 5.75 Å². The van der Waals surface area contributed by atoms with Gasteiger partial charge in [-0.25, -0.2) is 4.98 Å². The number of fused-ring (bicyclic) bond motifs is 1. The highest BCUT2D eigenvalue weighted by atomic mass is 16.5. The topological polar surface area (TPSA) is 79.9 Å². The van der Waals surface area contributed by atoms with E-state index in [-0.39, 0.29) is 11.9 Å². The number of H-pyrrole nitrogens is 1. The number of aromatic amines is 1. The molecule has 2 heterocycles. The van der Waals surface area contributed by atoms with Crippen LogP contribution in [0.1, 0.15) is 36.5 Å². The Hall–Kier alpha value is -3.67. The van der Waals surface area contributed by atoms with E-state index in [4.69, 9.17) is 4.74 Å². The number of ether oxygens (including phenoxy) is 1. The zero-order chi connectivity index (χ0) is 20.8. The summed E-state index contributed by atoms with van der Waals surface area (Å²) in [7, 11) is 0. The Morgan fingerprint density at radius 2 is 1.97 bits per heavy atom. The van der Waals surface area contributed by atoms with Crippen LogP contribution in [-0.2, 0) is 17.8 Å². The standard InChI is InChI=1S/C24H24N4O2/c1-17(18-7-6-9-20(15-18)30-16-19-8-4-5-14-25-19)26-24(29)13-12-23-27-21-10-2-3-11-22(21)28-23/h2-11,14-15,17H,12-13,16H2,1H3,(H,26,29)(H,27,28). The number of hydrogen-bond acceptors (Lipinski definition) is 4. The van der Waals surface area contributed by atoms with Crippen LogP contribution in [0, 0.1) is 0 Å². The number of carbonyl (C=O) groups excluding carboxylic acids is 1. The highest BCUT2D eigenvalue weighted by molar-refractivity contribution is 5.77. The predicted octanol–water partition coefficient (Wildman–Crippen LogP) is 4.35. The predicted molar refractivity (Wildman–Crippen MR) is 116 cm³/mol. The first-order valence-corrected chi connectivity index (χ1v) is 10.0. The molecule has 1 unspecified atom stereocenters. The van der Waals surface area contributed by atoms with E-state index < -0.39 is 0 Å². The third kappa shape index (κ3) is 5.03. The molecule has 0 radical (unpaired) electrons. The van der Waals surface area contributed by atoms with E-state index >= 15 is 0 Å². The number of nitrogens with zero attached hydrogens (tertiary/aromatic N) is 2. The molecule has 0 aliphatic carbocycles. The molecule has 152 valence electrons. The molecule has 4 aromatic rings. The summed E-state index contributed by atoms with van der Waals surface area (Å²) in [6.07, 6.45) is 2.69. The zero-order valence-electron chi connectivity index (χ0n) is 16.8. The average molecular weight is 400 g/mol. The van der Waals surface area contributed by atoms with Crippen molar-refractivity contribution in [2.45, 2.75) is 32.4 Å². The minimum Gasteiger partial charge on any atom is -0.487 e. The summed E-state index contributed by atoms with van der Waals surface area (Å²) in [4.78, 5) is 24.5. The summed E-state index contributed by atoms with van der Waals surface area (Å²) >= 11 is 0. The van der Waals surface area contributed by atoms with E-state index in [1.54, 1.807) is 6.20 Å². The first kappa shape index (κ1) is 19.6. The number of amides is 1. The molecule has 4 rings (SSSR count). The Morgan fingerprint density at radius 1 is 1.10 bits per heavy atom. The van der Waals surface area contributed by atoms with E-state index in [1.807, 2.05) is 73.7 Å². The second-order valence-electron chi connectivity index (χ2n) is 7.17. The van der Waals surface area contributed by atoms with Gasteiger partial charge in [0.05, 0.1) is 22.8 Å². The summed E-state index contributed by atoms with van der Waals surface area (Å²) in [6, 6.07) is 21.3. The Balaban J connectivity index is 1.30. The highest BCUT2D eigenvalue weighted by Gasteiger charge is 2.12. The van der Waals surface area contributed by atoms with Crippen LogP contribution >= 0.6 is 0 Å². The third-order valence-corrected chi connectivity index (χ3v) is 4.88. The normalized spacial score (nSPS) is 11.9. The molecule has 0 aliphatic heterocycles. The monoisotopic (exact) mass is 400 g/mol. The van der Waals surface area contributed by atoms with E-state index in [1.165, 1.54) is 0 Å². The van der Waals surface area contributed by atoms with Gasteiger partial charge >= 0.3 is 0 Å². The van der Waals surface area contributed by atoms with Crippen molar-refractivity contribution in [2.24, 2.45) is 0 Å². The second kappa shape index (κ2) is 9.22. The van der Waals surface area contributed by atoms with E-state index in [2.05, 4.69) is 20.3 Å². The molecule has 0 saturated carbocycles. The van der Waals surface area contributed by atoms with E-state index in [0.717, 1.165) is 33.9 Å². The summed E-state index contributed by atoms with van der Waals surface area (Å²) in [6.45, 7) is 2.37. The molecule has 6 heteroatoms. The molecule has 0 spiro atoms. The van der Waals surface area contributed by atoms with Crippen LogP contribution < -0.4 is 10.1 Å². The number of para-hydroxylation sites is 2. The molecular formula is C24H24N4O2. The number of nitrogens with one attached hydrogen (secondary N) is 2. The lowest BCUT2D eigenvalue weighted by Gasteiger charge is -2.15. The lowest BCUT2D eigenvalue weighted by Crippen LogP contribution is -2.26. The number of imidazole rings is 1. The number of aryl methyl sites for hydroxylation is 1. The fourth-order valence-corrected chi connectivity index (χ4v) is 3.27. The highest BCUT2D eigenvalue weighted by Crippen LogP contribution is 2.20. The van der Waals surface area contributed by atoms with Crippen molar-refractivity contribution >= 4 is 16.9 Å². The van der Waals surface area contributed by atoms with Gasteiger partial charge in [0.25, 0.3) is 0 Å². The third-order valence-electron chi connectivity index (χ3n) is 4.88. The summed E-state index contributed by atoms with van der Waals surface area (Å²) < 4.78 is 5.83. The number of benzene rings is 2. The number of pyridine rings is 1. The van der Waals surface area contributed by atoms with Gasteiger partial charge in [0.15, 0.2) is 0 Å². The van der Waals surface area contributed by atoms with Crippen LogP contribution in [-0.4, -0.2) is 20.9 Å². The smallest absolute Gasteiger partial charge is 0.220 e. The van der Waals surface area contributed by atoms with Crippen LogP contribution in [0.15, 0.2) is 72.9 Å². The van der Waals surface area contributed by atoms with Crippen molar-refractivity contribution in [3.63, 3.8) is 0 Å². The minimum absolute atomic E-state index is 0.0113. The lowest BCUT2D eigenvalue weighted by atomic mass is 10.1. The minimum atomic E-state index is -0.119. The van der Waals surface area contributed by atoms with Crippen molar-refractivity contribution in [2.75, 3.05) is 0 Å². The Kier molecular flexibility index (Phi) is 6.03. The maximum Gasteiger partial charge on any atom is 0.220 e. The van der Waals surface area contributed by atoms with Gasteiger partial charge in [-0.15, -0.1) is 0 Å². The number of aromatic nitrogens is 3. The molecule has 1 amide bonds. The van der Waals surface area contributed by atoms with E-state index in [9.17, 15) is 4.79 Å². The van der Waals surface area contributed by atoms with Crippen LogP contribution in [0.25, 0.3) is 11.0 Å². The molecule has 0 fully saturated rings. The quantitative estimate of drug-likeness (QED) is 0.461. The fraction of sp³-hybridized carbons (Fsp3) is 0.208. The molecule has 30 heavy (non-hydrogen) atoms. The SMILES string of the molecule is CC(NC(=O)CCc1nc2ccccc2[nH]1)c1cccc(OCc2ccccn2)c1. The number of rotatable bonds is 8. The van der Waals surface area contributed by atoms with Crippen LogP contribution in [0.3, 0.4) is 0 Å². The maximum atomic E-state index is 12.4.